The number of aromatic carboxylic acids is 1. The Morgan fingerprint density at radius 1 is 0.600 bits per heavy atom. The predicted octanol–water partition coefficient (Wildman–Crippen LogP) is 11.2. The van der Waals surface area contributed by atoms with Gasteiger partial charge in [0.25, 0.3) is 11.1 Å². The molecular weight excluding hydrogens is 1000 g/mol. The van der Waals surface area contributed by atoms with Crippen molar-refractivity contribution in [1.82, 2.24) is 39.0 Å². The van der Waals surface area contributed by atoms with Crippen LogP contribution in [0.1, 0.15) is 38.8 Å². The summed E-state index contributed by atoms with van der Waals surface area (Å²) in [5.41, 5.74) is 3.04. The summed E-state index contributed by atoms with van der Waals surface area (Å²) in [6.45, 7) is 3.99. The zero-order valence-corrected chi connectivity index (χ0v) is 41.0. The molecule has 19 nitrogen and oxygen atoms in total. The van der Waals surface area contributed by atoms with Crippen LogP contribution in [0.3, 0.4) is 0 Å². The second-order valence-electron chi connectivity index (χ2n) is 16.2. The highest BCUT2D eigenvalue weighted by atomic mass is 35.5. The molecule has 3 N–H and O–H groups in total. The fourth-order valence-corrected chi connectivity index (χ4v) is 7.36. The molecule has 0 amide bonds. The molecule has 0 saturated carbocycles. The maximum Gasteiger partial charge on any atom is 0.354 e. The van der Waals surface area contributed by atoms with Crippen LogP contribution in [0.15, 0.2) is 177 Å². The van der Waals surface area contributed by atoms with Crippen LogP contribution < -0.4 is 31.2 Å². The Bertz CT molecular complexity index is 3820. The van der Waals surface area contributed by atoms with E-state index in [1.165, 1.54) is 27.6 Å². The quantitative estimate of drug-likeness (QED) is 0.0863. The first-order chi connectivity index (χ1) is 36.3. The van der Waals surface area contributed by atoms with Gasteiger partial charge >= 0.3 is 5.97 Å². The first-order valence-electron chi connectivity index (χ1n) is 22.6. The monoisotopic (exact) mass is 1040 g/mol. The molecule has 0 bridgehead atoms. The number of nitrogens with one attached hydrogen (secondary N) is 2. The van der Waals surface area contributed by atoms with Crippen LogP contribution in [0.25, 0.3) is 22.9 Å². The Labute approximate surface area is 436 Å². The lowest BCUT2D eigenvalue weighted by atomic mass is 10.2. The Morgan fingerprint density at radius 2 is 1.04 bits per heavy atom. The van der Waals surface area contributed by atoms with Crippen LogP contribution in [-0.4, -0.2) is 50.1 Å². The van der Waals surface area contributed by atoms with Gasteiger partial charge in [0.15, 0.2) is 5.69 Å². The predicted molar refractivity (Wildman–Crippen MR) is 278 cm³/mol. The zero-order valence-electron chi connectivity index (χ0n) is 39.5. The SMILES string of the molecule is Cc1cnc(-c2cnc(Nc3ccc(Oc4cccc(C#N)n4)cc3)n(Cc3ccc(Cl)cc3)c2=O)o1.Cc1cnc(-c2cnc(Nc3ccc(Oc4cccc(C(=O)O)n4)cc3)n(Cc3ccc(Cl)cc3)c2=O)o1. The summed E-state index contributed by atoms with van der Waals surface area (Å²) in [7, 11) is 0. The summed E-state index contributed by atoms with van der Waals surface area (Å²) in [6, 6.07) is 39.8. The number of hydrogen-bond acceptors (Lipinski definition) is 16. The Hall–Kier alpha value is -9.90. The van der Waals surface area contributed by atoms with Crippen LogP contribution in [0.4, 0.5) is 23.3 Å². The van der Waals surface area contributed by atoms with Crippen molar-refractivity contribution in [3.63, 3.8) is 0 Å². The molecule has 10 aromatic rings. The van der Waals surface area contributed by atoms with E-state index >= 15 is 0 Å². The van der Waals surface area contributed by atoms with Gasteiger partial charge in [-0.25, -0.2) is 34.7 Å². The van der Waals surface area contributed by atoms with E-state index in [0.29, 0.717) is 62.2 Å². The number of nitrogens with zero attached hydrogens (tertiary/aromatic N) is 9. The minimum Gasteiger partial charge on any atom is -0.477 e. The van der Waals surface area contributed by atoms with Crippen LogP contribution >= 0.6 is 23.2 Å². The van der Waals surface area contributed by atoms with Gasteiger partial charge < -0.3 is 34.0 Å². The van der Waals surface area contributed by atoms with E-state index in [1.54, 1.807) is 129 Å². The smallest absolute Gasteiger partial charge is 0.354 e. The molecule has 0 radical (unpaired) electrons. The van der Waals surface area contributed by atoms with Gasteiger partial charge in [0.05, 0.1) is 25.5 Å². The molecule has 0 fully saturated rings. The van der Waals surface area contributed by atoms with E-state index in [0.717, 1.165) is 11.1 Å². The number of nitriles is 1. The molecule has 0 aliphatic rings. The molecule has 0 aliphatic carbocycles. The number of hydrogen-bond donors (Lipinski definition) is 3. The molecular formula is C54H39Cl2N11O8. The summed E-state index contributed by atoms with van der Waals surface area (Å²) < 4.78 is 25.5. The number of anilines is 4. The van der Waals surface area contributed by atoms with Gasteiger partial charge in [-0.1, -0.05) is 59.6 Å². The Morgan fingerprint density at radius 3 is 1.45 bits per heavy atom. The summed E-state index contributed by atoms with van der Waals surface area (Å²) in [5.74, 6) is 2.54. The number of carbonyl (C=O) groups is 1. The van der Waals surface area contributed by atoms with Crippen LogP contribution in [0.2, 0.25) is 10.0 Å². The Balaban J connectivity index is 0.000000184. The van der Waals surface area contributed by atoms with Gasteiger partial charge in [-0.3, -0.25) is 18.7 Å². The van der Waals surface area contributed by atoms with Crippen molar-refractivity contribution in [2.24, 2.45) is 0 Å². The highest BCUT2D eigenvalue weighted by Crippen LogP contribution is 2.27. The van der Waals surface area contributed by atoms with E-state index in [4.69, 9.17) is 51.9 Å². The van der Waals surface area contributed by atoms with Gasteiger partial charge in [-0.05, 0) is 110 Å². The van der Waals surface area contributed by atoms with E-state index in [2.05, 4.69) is 40.5 Å². The number of carboxylic acid groups (broad SMARTS) is 1. The number of pyridine rings is 2. The van der Waals surface area contributed by atoms with Gasteiger partial charge in [-0.15, -0.1) is 0 Å². The minimum atomic E-state index is -1.14. The standard InChI is InChI=1S/C27H19ClN6O3.C27H20ClN5O5/c1-17-14-30-25(36-17)23-15-31-27(34(26(23)35)16-18-5-7-19(28)8-6-18)33-20-9-11-22(12-10-20)37-24-4-2-3-21(13-29)32-24;1-16-13-29-24(37-16)21-14-30-27(33(25(21)34)15-17-5-7-18(28)8-6-17)31-19-9-11-20(12-10-19)38-23-4-2-3-22(32-23)26(35)36/h2-12,14-15H,16H2,1H3,(H,31,33);2-14H,15H2,1H3,(H,30,31)(H,35,36). The number of aromatic nitrogens is 8. The van der Waals surface area contributed by atoms with Gasteiger partial charge in [0, 0.05) is 45.9 Å². The topological polar surface area (TPSA) is 251 Å². The second kappa shape index (κ2) is 22.7. The van der Waals surface area contributed by atoms with E-state index in [1.807, 2.05) is 30.3 Å². The lowest BCUT2D eigenvalue weighted by Crippen LogP contribution is -2.26. The van der Waals surface area contributed by atoms with Crippen LogP contribution in [-0.2, 0) is 13.1 Å². The fourth-order valence-electron chi connectivity index (χ4n) is 7.11. The summed E-state index contributed by atoms with van der Waals surface area (Å²) in [5, 5.41) is 25.7. The summed E-state index contributed by atoms with van der Waals surface area (Å²) in [4.78, 5) is 63.5. The van der Waals surface area contributed by atoms with E-state index in [-0.39, 0.29) is 64.4 Å². The molecule has 0 saturated heterocycles. The maximum absolute atomic E-state index is 13.5. The first-order valence-corrected chi connectivity index (χ1v) is 23.3. The third kappa shape index (κ3) is 12.6. The van der Waals surface area contributed by atoms with Gasteiger partial charge in [0.2, 0.25) is 35.4 Å². The highest BCUT2D eigenvalue weighted by molar-refractivity contribution is 6.30. The summed E-state index contributed by atoms with van der Waals surface area (Å²) in [6.07, 6.45) is 5.97. The largest absolute Gasteiger partial charge is 0.477 e. The van der Waals surface area contributed by atoms with Crippen molar-refractivity contribution >= 4 is 52.4 Å². The number of rotatable bonds is 15. The zero-order chi connectivity index (χ0) is 52.4. The third-order valence-corrected chi connectivity index (χ3v) is 11.3. The maximum atomic E-state index is 13.5. The Kier molecular flexibility index (Phi) is 15.1. The second-order valence-corrected chi connectivity index (χ2v) is 17.1. The number of halogens is 2. The highest BCUT2D eigenvalue weighted by Gasteiger charge is 2.19. The molecule has 21 heteroatoms. The average molecular weight is 1040 g/mol. The molecule has 6 heterocycles. The molecule has 10 rings (SSSR count). The molecule has 0 aliphatic heterocycles. The van der Waals surface area contributed by atoms with Crippen molar-refractivity contribution < 1.29 is 28.2 Å². The lowest BCUT2D eigenvalue weighted by molar-refractivity contribution is 0.0689. The normalized spacial score (nSPS) is 10.7. The molecule has 0 spiro atoms. The third-order valence-electron chi connectivity index (χ3n) is 10.8. The van der Waals surface area contributed by atoms with Crippen LogP contribution in [0.5, 0.6) is 23.3 Å². The van der Waals surface area contributed by atoms with E-state index < -0.39 is 5.97 Å². The number of ether oxygens (including phenoxy) is 2. The summed E-state index contributed by atoms with van der Waals surface area (Å²) >= 11 is 12.1. The van der Waals surface area contributed by atoms with Crippen molar-refractivity contribution in [2.75, 3.05) is 10.6 Å². The van der Waals surface area contributed by atoms with Gasteiger partial charge in [0.1, 0.15) is 45.9 Å². The molecule has 0 unspecified atom stereocenters. The molecule has 75 heavy (non-hydrogen) atoms. The lowest BCUT2D eigenvalue weighted by Gasteiger charge is -2.15. The van der Waals surface area contributed by atoms with Crippen LogP contribution in [0, 0.1) is 25.2 Å². The van der Waals surface area contributed by atoms with E-state index in [9.17, 15) is 14.4 Å². The average Bonchev–Trinajstić information content (AvgIpc) is 4.06. The van der Waals surface area contributed by atoms with Gasteiger partial charge in [-0.2, -0.15) is 5.26 Å². The molecule has 4 aromatic carbocycles. The minimum absolute atomic E-state index is 0.117. The number of carboxylic acids is 1. The number of oxazole rings is 2. The first kappa shape index (κ1) is 50.1. The fraction of sp³-hybridized carbons (Fsp3) is 0.0741. The number of aryl methyl sites for hydroxylation is 2. The molecule has 372 valence electrons. The van der Waals surface area contributed by atoms with Crippen molar-refractivity contribution in [1.29, 1.82) is 5.26 Å². The van der Waals surface area contributed by atoms with Crippen molar-refractivity contribution in [3.05, 3.63) is 223 Å². The van der Waals surface area contributed by atoms with Crippen molar-refractivity contribution in [3.8, 4) is 52.2 Å². The molecule has 0 atom stereocenters. The molecule has 6 aromatic heterocycles. The van der Waals surface area contributed by atoms with Crippen molar-refractivity contribution in [2.45, 2.75) is 26.9 Å². The number of benzene rings is 4.